The minimum absolute atomic E-state index is 0.171. The third kappa shape index (κ3) is 2.50. The van der Waals surface area contributed by atoms with E-state index in [0.717, 1.165) is 17.0 Å². The van der Waals surface area contributed by atoms with Crippen molar-refractivity contribution in [1.82, 2.24) is 0 Å². The van der Waals surface area contributed by atoms with Crippen LogP contribution in [0.3, 0.4) is 0 Å². The van der Waals surface area contributed by atoms with E-state index < -0.39 is 0 Å². The summed E-state index contributed by atoms with van der Waals surface area (Å²) in [6, 6.07) is 6.19. The van der Waals surface area contributed by atoms with Gasteiger partial charge in [-0.15, -0.1) is 0 Å². The van der Waals surface area contributed by atoms with Gasteiger partial charge in [0.15, 0.2) is 0 Å². The molecule has 0 saturated carbocycles. The summed E-state index contributed by atoms with van der Waals surface area (Å²) >= 11 is 5.98. The van der Waals surface area contributed by atoms with Crippen LogP contribution in [0.2, 0.25) is 5.02 Å². The first-order valence-corrected chi connectivity index (χ1v) is 4.48. The highest BCUT2D eigenvalue weighted by molar-refractivity contribution is 6.31. The molecular weight excluding hydrogens is 170 g/mol. The molecule has 1 aromatic rings. The van der Waals surface area contributed by atoms with Gasteiger partial charge in [-0.3, -0.25) is 0 Å². The van der Waals surface area contributed by atoms with Crippen molar-refractivity contribution in [2.24, 2.45) is 5.73 Å². The van der Waals surface area contributed by atoms with Crippen molar-refractivity contribution in [3.8, 4) is 0 Å². The third-order valence-corrected chi connectivity index (χ3v) is 2.11. The summed E-state index contributed by atoms with van der Waals surface area (Å²) in [5.74, 6) is 0. The van der Waals surface area contributed by atoms with Crippen LogP contribution in [0.15, 0.2) is 18.2 Å². The lowest BCUT2D eigenvalue weighted by Gasteiger charge is -2.07. The normalized spacial score (nSPS) is 13.0. The van der Waals surface area contributed by atoms with Crippen LogP contribution in [0.5, 0.6) is 0 Å². The number of benzene rings is 1. The average Bonchev–Trinajstić information content (AvgIpc) is 1.96. The first-order valence-electron chi connectivity index (χ1n) is 4.10. The topological polar surface area (TPSA) is 26.0 Å². The molecule has 2 heteroatoms. The molecule has 12 heavy (non-hydrogen) atoms. The zero-order valence-corrected chi connectivity index (χ0v) is 8.23. The highest BCUT2D eigenvalue weighted by Gasteiger charge is 2.02. The first-order chi connectivity index (χ1) is 5.59. The van der Waals surface area contributed by atoms with Crippen molar-refractivity contribution in [2.45, 2.75) is 26.3 Å². The number of nitrogens with two attached hydrogens (primary N) is 1. The second-order valence-electron chi connectivity index (χ2n) is 3.28. The number of hydrogen-bond acceptors (Lipinski definition) is 1. The number of rotatable bonds is 2. The van der Waals surface area contributed by atoms with Crippen LogP contribution in [0.25, 0.3) is 0 Å². The fourth-order valence-electron chi connectivity index (χ4n) is 1.21. The summed E-state index contributed by atoms with van der Waals surface area (Å²) < 4.78 is 0. The molecule has 0 aromatic heterocycles. The molecule has 0 unspecified atom stereocenters. The Balaban J connectivity index is 2.90. The maximum atomic E-state index is 5.98. The minimum atomic E-state index is 0.171. The molecule has 0 fully saturated rings. The van der Waals surface area contributed by atoms with Crippen molar-refractivity contribution in [1.29, 1.82) is 0 Å². The van der Waals surface area contributed by atoms with E-state index >= 15 is 0 Å². The molecule has 0 heterocycles. The molecule has 1 nitrogen and oxygen atoms in total. The van der Waals surface area contributed by atoms with Crippen molar-refractivity contribution >= 4 is 11.6 Å². The van der Waals surface area contributed by atoms with Gasteiger partial charge >= 0.3 is 0 Å². The maximum absolute atomic E-state index is 5.98. The second-order valence-corrected chi connectivity index (χ2v) is 3.68. The predicted molar refractivity (Wildman–Crippen MR) is 53.5 cm³/mol. The Kier molecular flexibility index (Phi) is 3.12. The number of aryl methyl sites for hydroxylation is 1. The number of hydrogen-bond donors (Lipinski definition) is 1. The van der Waals surface area contributed by atoms with Crippen LogP contribution in [0.4, 0.5) is 0 Å². The molecule has 0 aliphatic carbocycles. The van der Waals surface area contributed by atoms with Crippen molar-refractivity contribution < 1.29 is 0 Å². The zero-order valence-electron chi connectivity index (χ0n) is 7.47. The minimum Gasteiger partial charge on any atom is -0.328 e. The van der Waals surface area contributed by atoms with E-state index in [1.54, 1.807) is 0 Å². The predicted octanol–water partition coefficient (Wildman–Crippen LogP) is 2.54. The Hall–Kier alpha value is -0.530. The standard InChI is InChI=1S/C10H14ClN/c1-7-3-4-10(11)9(5-7)6-8(2)12/h3-5,8H,6,12H2,1-2H3/t8-/m0/s1. The van der Waals surface area contributed by atoms with E-state index in [1.807, 2.05) is 19.1 Å². The molecular formula is C10H14ClN. The van der Waals surface area contributed by atoms with Gasteiger partial charge in [-0.1, -0.05) is 29.3 Å². The molecule has 0 aliphatic rings. The Labute approximate surface area is 78.5 Å². The van der Waals surface area contributed by atoms with Gasteiger partial charge in [0.05, 0.1) is 0 Å². The fourth-order valence-corrected chi connectivity index (χ4v) is 1.40. The van der Waals surface area contributed by atoms with Gasteiger partial charge in [0, 0.05) is 11.1 Å². The van der Waals surface area contributed by atoms with Gasteiger partial charge in [0.1, 0.15) is 0 Å². The molecule has 2 N–H and O–H groups in total. The van der Waals surface area contributed by atoms with Gasteiger partial charge < -0.3 is 5.73 Å². The summed E-state index contributed by atoms with van der Waals surface area (Å²) in [6.45, 7) is 4.04. The highest BCUT2D eigenvalue weighted by atomic mass is 35.5. The van der Waals surface area contributed by atoms with E-state index in [1.165, 1.54) is 5.56 Å². The third-order valence-electron chi connectivity index (χ3n) is 1.74. The lowest BCUT2D eigenvalue weighted by atomic mass is 10.1. The van der Waals surface area contributed by atoms with Crippen molar-refractivity contribution in [3.05, 3.63) is 34.3 Å². The SMILES string of the molecule is Cc1ccc(Cl)c(C[C@H](C)N)c1. The van der Waals surface area contributed by atoms with Crippen LogP contribution >= 0.6 is 11.6 Å². The second kappa shape index (κ2) is 3.92. The Bertz CT molecular complexity index is 269. The van der Waals surface area contributed by atoms with E-state index in [0.29, 0.717) is 0 Å². The van der Waals surface area contributed by atoms with Crippen LogP contribution in [-0.2, 0) is 6.42 Å². The van der Waals surface area contributed by atoms with Crippen LogP contribution in [0.1, 0.15) is 18.1 Å². The zero-order chi connectivity index (χ0) is 9.14. The molecule has 1 aromatic carbocycles. The summed E-state index contributed by atoms with van der Waals surface area (Å²) in [7, 11) is 0. The summed E-state index contributed by atoms with van der Waals surface area (Å²) in [5.41, 5.74) is 8.06. The quantitative estimate of drug-likeness (QED) is 0.750. The Morgan fingerprint density at radius 1 is 1.50 bits per heavy atom. The number of halogens is 1. The van der Waals surface area contributed by atoms with Gasteiger partial charge in [-0.2, -0.15) is 0 Å². The lowest BCUT2D eigenvalue weighted by molar-refractivity contribution is 0.738. The Morgan fingerprint density at radius 3 is 2.75 bits per heavy atom. The van der Waals surface area contributed by atoms with Crippen LogP contribution in [0, 0.1) is 6.92 Å². The molecule has 0 amide bonds. The molecule has 0 spiro atoms. The maximum Gasteiger partial charge on any atom is 0.0438 e. The van der Waals surface area contributed by atoms with Crippen molar-refractivity contribution in [2.75, 3.05) is 0 Å². The molecule has 0 aliphatic heterocycles. The largest absolute Gasteiger partial charge is 0.328 e. The van der Waals surface area contributed by atoms with E-state index in [-0.39, 0.29) is 6.04 Å². The van der Waals surface area contributed by atoms with Crippen molar-refractivity contribution in [3.63, 3.8) is 0 Å². The van der Waals surface area contributed by atoms with E-state index in [2.05, 4.69) is 13.0 Å². The van der Waals surface area contributed by atoms with Gasteiger partial charge in [-0.25, -0.2) is 0 Å². The highest BCUT2D eigenvalue weighted by Crippen LogP contribution is 2.18. The molecule has 0 bridgehead atoms. The summed E-state index contributed by atoms with van der Waals surface area (Å²) in [5, 5.41) is 0.818. The van der Waals surface area contributed by atoms with E-state index in [9.17, 15) is 0 Å². The summed E-state index contributed by atoms with van der Waals surface area (Å²) in [4.78, 5) is 0. The molecule has 66 valence electrons. The van der Waals surface area contributed by atoms with Gasteiger partial charge in [0.25, 0.3) is 0 Å². The van der Waals surface area contributed by atoms with Crippen LogP contribution < -0.4 is 5.73 Å². The van der Waals surface area contributed by atoms with E-state index in [4.69, 9.17) is 17.3 Å². The molecule has 0 radical (unpaired) electrons. The van der Waals surface area contributed by atoms with Crippen LogP contribution in [-0.4, -0.2) is 6.04 Å². The lowest BCUT2D eigenvalue weighted by Crippen LogP contribution is -2.17. The molecule has 1 rings (SSSR count). The smallest absolute Gasteiger partial charge is 0.0438 e. The fraction of sp³-hybridized carbons (Fsp3) is 0.400. The monoisotopic (exact) mass is 183 g/mol. The van der Waals surface area contributed by atoms with Gasteiger partial charge in [0.2, 0.25) is 0 Å². The van der Waals surface area contributed by atoms with Gasteiger partial charge in [-0.05, 0) is 31.9 Å². The average molecular weight is 184 g/mol. The first kappa shape index (κ1) is 9.56. The molecule has 1 atom stereocenters. The Morgan fingerprint density at radius 2 is 2.17 bits per heavy atom. The summed E-state index contributed by atoms with van der Waals surface area (Å²) in [6.07, 6.45) is 0.848. The molecule has 0 saturated heterocycles.